The summed E-state index contributed by atoms with van der Waals surface area (Å²) in [5.74, 6) is 0. The molecule has 1 aliphatic rings. The molecule has 1 nitrogen and oxygen atoms in total. The van der Waals surface area contributed by atoms with Crippen LogP contribution in [0, 0.1) is 12.3 Å². The summed E-state index contributed by atoms with van der Waals surface area (Å²) in [5.41, 5.74) is 11.7. The van der Waals surface area contributed by atoms with Crippen molar-refractivity contribution < 1.29 is 17.7 Å². The molecule has 1 aliphatic carbocycles. The van der Waals surface area contributed by atoms with Gasteiger partial charge in [0.05, 0.1) is 16.4 Å². The van der Waals surface area contributed by atoms with Gasteiger partial charge in [0, 0.05) is 6.07 Å². The predicted molar refractivity (Wildman–Crippen MR) is 174 cm³/mol. The summed E-state index contributed by atoms with van der Waals surface area (Å²) in [4.78, 5) is 0. The Balaban J connectivity index is 1.47. The van der Waals surface area contributed by atoms with E-state index in [-0.39, 0.29) is 6.42 Å². The fourth-order valence-electron chi connectivity index (χ4n) is 6.75. The van der Waals surface area contributed by atoms with Crippen LogP contribution in [0.5, 0.6) is 0 Å². The maximum absolute atomic E-state index is 13.7. The highest BCUT2D eigenvalue weighted by molar-refractivity contribution is 6.05. The monoisotopic (exact) mass is 584 g/mol. The fourth-order valence-corrected chi connectivity index (χ4v) is 6.75. The zero-order valence-corrected chi connectivity index (χ0v) is 25.3. The van der Waals surface area contributed by atoms with E-state index in [0.717, 1.165) is 33.2 Å². The van der Waals surface area contributed by atoms with Crippen molar-refractivity contribution in [3.05, 3.63) is 127 Å². The lowest BCUT2D eigenvalue weighted by Crippen LogP contribution is -2.34. The Bertz CT molecular complexity index is 2080. The molecule has 6 aromatic rings. The summed E-state index contributed by atoms with van der Waals surface area (Å²) in [6, 6.07) is 38.2. The summed E-state index contributed by atoms with van der Waals surface area (Å²) in [5, 5.41) is 1.94. The molecule has 0 amide bonds. The molecular weight excluding hydrogens is 551 g/mol. The minimum atomic E-state index is -4.27. The summed E-state index contributed by atoms with van der Waals surface area (Å²) >= 11 is 0. The van der Waals surface area contributed by atoms with E-state index >= 15 is 0 Å². The maximum Gasteiger partial charge on any atom is 0.394 e. The van der Waals surface area contributed by atoms with E-state index in [4.69, 9.17) is 0 Å². The van der Waals surface area contributed by atoms with Gasteiger partial charge in [-0.15, -0.1) is 0 Å². The van der Waals surface area contributed by atoms with Gasteiger partial charge in [0.2, 0.25) is 5.69 Å². The quantitative estimate of drug-likeness (QED) is 0.182. The van der Waals surface area contributed by atoms with Crippen molar-refractivity contribution in [3.8, 4) is 55.8 Å². The second-order valence-corrected chi connectivity index (χ2v) is 12.6. The molecule has 218 valence electrons. The van der Waals surface area contributed by atoms with Gasteiger partial charge in [0.25, 0.3) is 0 Å². The Morgan fingerprint density at radius 2 is 1.05 bits per heavy atom. The number of benzene rings is 5. The Kier molecular flexibility index (Phi) is 6.51. The molecule has 44 heavy (non-hydrogen) atoms. The number of hydrogen-bond acceptors (Lipinski definition) is 0. The van der Waals surface area contributed by atoms with Gasteiger partial charge < -0.3 is 0 Å². The van der Waals surface area contributed by atoms with Gasteiger partial charge in [-0.25, -0.2) is 4.57 Å². The molecule has 5 aromatic carbocycles. The zero-order valence-electron chi connectivity index (χ0n) is 25.3. The number of pyridine rings is 1. The number of aryl methyl sites for hydroxylation is 2. The number of halogens is 3. The summed E-state index contributed by atoms with van der Waals surface area (Å²) < 4.78 is 43.2. The average Bonchev–Trinajstić information content (AvgIpc) is 3.00. The normalized spacial score (nSPS) is 12.5. The largest absolute Gasteiger partial charge is 0.394 e. The molecule has 0 spiro atoms. The minimum absolute atomic E-state index is 0.0711. The Hall–Kier alpha value is -4.70. The lowest BCUT2D eigenvalue weighted by Gasteiger charge is -2.27. The first-order valence-electron chi connectivity index (χ1n) is 14.9. The highest BCUT2D eigenvalue weighted by Crippen LogP contribution is 2.49. The van der Waals surface area contributed by atoms with Crippen LogP contribution < -0.4 is 4.57 Å². The second kappa shape index (κ2) is 10.2. The molecule has 0 N–H and O–H groups in total. The smallest absolute Gasteiger partial charge is 0.200 e. The van der Waals surface area contributed by atoms with Crippen LogP contribution in [0.15, 0.2) is 115 Å². The van der Waals surface area contributed by atoms with E-state index < -0.39 is 11.6 Å². The van der Waals surface area contributed by atoms with E-state index in [0.29, 0.717) is 5.56 Å². The molecule has 0 aliphatic heterocycles. The first kappa shape index (κ1) is 28.1. The van der Waals surface area contributed by atoms with Crippen LogP contribution in [0.25, 0.3) is 66.5 Å². The molecule has 0 unspecified atom stereocenters. The van der Waals surface area contributed by atoms with Crippen molar-refractivity contribution in [2.75, 3.05) is 0 Å². The molecule has 0 radical (unpaired) electrons. The lowest BCUT2D eigenvalue weighted by molar-refractivity contribution is -0.659. The molecule has 7 rings (SSSR count). The molecule has 4 heteroatoms. The van der Waals surface area contributed by atoms with Crippen LogP contribution in [0.4, 0.5) is 13.2 Å². The van der Waals surface area contributed by atoms with Crippen molar-refractivity contribution in [2.45, 2.75) is 33.4 Å². The number of rotatable bonds is 3. The highest BCUT2D eigenvalue weighted by Gasteiger charge is 2.47. The number of nitrogens with zero attached hydrogens (tertiary/aromatic N) is 1. The van der Waals surface area contributed by atoms with Crippen LogP contribution in [0.2, 0.25) is 0 Å². The number of fused-ring (bicyclic) bond motifs is 9. The van der Waals surface area contributed by atoms with Crippen LogP contribution in [-0.4, -0.2) is 6.18 Å². The standard InChI is InChI=1S/C40H33F3N/c1-25-21-36-33-15-9-7-13-31(33)29-11-5-6-12-30(29)32-14-8-10-16-34(32)37(36)23-35(25)38-28-18-17-26(22-27(28)19-20-44(38)4)24-39(2,3)40(41,42)43/h5-23H,24H2,1-4H3/q+1. The van der Waals surface area contributed by atoms with E-state index in [1.807, 2.05) is 37.5 Å². The van der Waals surface area contributed by atoms with Crippen LogP contribution >= 0.6 is 0 Å². The van der Waals surface area contributed by atoms with Crippen LogP contribution in [0.1, 0.15) is 25.0 Å². The molecule has 1 aromatic heterocycles. The van der Waals surface area contributed by atoms with Crippen LogP contribution in [0.3, 0.4) is 0 Å². The van der Waals surface area contributed by atoms with E-state index in [9.17, 15) is 13.2 Å². The number of aromatic nitrogens is 1. The molecule has 0 saturated heterocycles. The van der Waals surface area contributed by atoms with Crippen molar-refractivity contribution in [2.24, 2.45) is 12.5 Å². The molecule has 0 fully saturated rings. The number of alkyl halides is 3. The van der Waals surface area contributed by atoms with Gasteiger partial charge in [0.15, 0.2) is 6.20 Å². The maximum atomic E-state index is 13.7. The zero-order chi connectivity index (χ0) is 30.8. The highest BCUT2D eigenvalue weighted by atomic mass is 19.4. The SMILES string of the molecule is Cc1cc2c(cc1-c1c3ccc(CC(C)(C)C(F)(F)F)cc3cc[n+]1C)-c1ccccc1-c1ccccc1-c1ccccc1-2. The average molecular weight is 585 g/mol. The molecule has 0 saturated carbocycles. The topological polar surface area (TPSA) is 3.88 Å². The summed E-state index contributed by atoms with van der Waals surface area (Å²) in [6.45, 7) is 4.68. The summed E-state index contributed by atoms with van der Waals surface area (Å²) in [6.07, 6.45) is -2.34. The number of hydrogen-bond donors (Lipinski definition) is 0. The first-order chi connectivity index (χ1) is 21.0. The Morgan fingerprint density at radius 1 is 0.568 bits per heavy atom. The van der Waals surface area contributed by atoms with Gasteiger partial charge in [-0.3, -0.25) is 0 Å². The Labute approximate surface area is 256 Å². The van der Waals surface area contributed by atoms with Crippen molar-refractivity contribution in [3.63, 3.8) is 0 Å². The molecule has 0 bridgehead atoms. The third-order valence-corrected chi connectivity index (χ3v) is 9.18. The lowest BCUT2D eigenvalue weighted by atomic mass is 9.79. The van der Waals surface area contributed by atoms with E-state index in [1.165, 1.54) is 52.8 Å². The molecule has 0 atom stereocenters. The minimum Gasteiger partial charge on any atom is -0.200 e. The van der Waals surface area contributed by atoms with Gasteiger partial charge in [-0.1, -0.05) is 98.8 Å². The molecular formula is C40H33F3N+. The first-order valence-corrected chi connectivity index (χ1v) is 14.9. The van der Waals surface area contributed by atoms with Crippen molar-refractivity contribution >= 4 is 10.8 Å². The van der Waals surface area contributed by atoms with Gasteiger partial charge in [-0.2, -0.15) is 13.2 Å². The van der Waals surface area contributed by atoms with Gasteiger partial charge >= 0.3 is 6.18 Å². The molecule has 1 heterocycles. The summed E-state index contributed by atoms with van der Waals surface area (Å²) in [7, 11) is 2.03. The van der Waals surface area contributed by atoms with E-state index in [1.54, 1.807) is 0 Å². The van der Waals surface area contributed by atoms with Gasteiger partial charge in [-0.05, 0) is 92.6 Å². The van der Waals surface area contributed by atoms with Crippen molar-refractivity contribution in [1.29, 1.82) is 0 Å². The van der Waals surface area contributed by atoms with Crippen LogP contribution in [-0.2, 0) is 13.5 Å². The fraction of sp³-hybridized carbons (Fsp3) is 0.175. The van der Waals surface area contributed by atoms with Crippen molar-refractivity contribution in [1.82, 2.24) is 0 Å². The predicted octanol–water partition coefficient (Wildman–Crippen LogP) is 10.8. The van der Waals surface area contributed by atoms with Gasteiger partial charge in [0.1, 0.15) is 7.05 Å². The third-order valence-electron chi connectivity index (χ3n) is 9.18. The Morgan fingerprint density at radius 3 is 1.55 bits per heavy atom. The van der Waals surface area contributed by atoms with E-state index in [2.05, 4.69) is 96.4 Å². The third kappa shape index (κ3) is 4.52. The second-order valence-electron chi connectivity index (χ2n) is 12.6.